The van der Waals surface area contributed by atoms with Crippen molar-refractivity contribution in [1.29, 1.82) is 0 Å². The van der Waals surface area contributed by atoms with Gasteiger partial charge in [-0.3, -0.25) is 9.69 Å². The first-order valence-electron chi connectivity index (χ1n) is 9.51. The van der Waals surface area contributed by atoms with Gasteiger partial charge in [-0.05, 0) is 43.7 Å². The van der Waals surface area contributed by atoms with Crippen molar-refractivity contribution >= 4 is 11.6 Å². The molecule has 0 aliphatic carbocycles. The van der Waals surface area contributed by atoms with Gasteiger partial charge in [0.2, 0.25) is 5.91 Å². The molecule has 0 atom stereocenters. The Morgan fingerprint density at radius 3 is 2.18 bits per heavy atom. The summed E-state index contributed by atoms with van der Waals surface area (Å²) in [5, 5.41) is 3.00. The van der Waals surface area contributed by atoms with Crippen LogP contribution in [0.5, 0.6) is 11.5 Å². The second-order valence-electron chi connectivity index (χ2n) is 6.94. The highest BCUT2D eigenvalue weighted by Crippen LogP contribution is 2.29. The Bertz CT molecular complexity index is 879. The van der Waals surface area contributed by atoms with Crippen molar-refractivity contribution < 1.29 is 9.53 Å². The highest BCUT2D eigenvalue weighted by Gasteiger charge is 2.16. The quantitative estimate of drug-likeness (QED) is 0.579. The van der Waals surface area contributed by atoms with E-state index in [1.54, 1.807) is 0 Å². The molecule has 4 heteroatoms. The Morgan fingerprint density at radius 2 is 1.50 bits per heavy atom. The van der Waals surface area contributed by atoms with Crippen LogP contribution in [-0.2, 0) is 11.3 Å². The molecule has 0 bridgehead atoms. The number of carbonyl (C=O) groups is 1. The van der Waals surface area contributed by atoms with E-state index in [4.69, 9.17) is 4.74 Å². The largest absolute Gasteiger partial charge is 0.455 e. The molecule has 3 aromatic carbocycles. The van der Waals surface area contributed by atoms with Gasteiger partial charge in [0.05, 0.1) is 12.2 Å². The average Bonchev–Trinajstić information content (AvgIpc) is 2.70. The number of para-hydroxylation sites is 3. The topological polar surface area (TPSA) is 41.6 Å². The maximum atomic E-state index is 12.7. The zero-order valence-electron chi connectivity index (χ0n) is 16.3. The van der Waals surface area contributed by atoms with Crippen LogP contribution in [0.15, 0.2) is 84.9 Å². The predicted octanol–water partition coefficient (Wildman–Crippen LogP) is 5.33. The normalized spacial score (nSPS) is 10.9. The number of nitrogens with zero attached hydrogens (tertiary/aromatic N) is 1. The predicted molar refractivity (Wildman–Crippen MR) is 114 cm³/mol. The van der Waals surface area contributed by atoms with Gasteiger partial charge >= 0.3 is 0 Å². The summed E-state index contributed by atoms with van der Waals surface area (Å²) in [4.78, 5) is 14.9. The summed E-state index contributed by atoms with van der Waals surface area (Å²) in [5.41, 5.74) is 1.86. The Labute approximate surface area is 166 Å². The summed E-state index contributed by atoms with van der Waals surface area (Å²) in [6.45, 7) is 5.24. The first-order chi connectivity index (χ1) is 13.6. The highest BCUT2D eigenvalue weighted by atomic mass is 16.5. The molecule has 0 heterocycles. The lowest BCUT2D eigenvalue weighted by atomic mass is 10.2. The minimum Gasteiger partial charge on any atom is -0.455 e. The molecule has 0 unspecified atom stereocenters. The Hall–Kier alpha value is -3.11. The molecule has 0 radical (unpaired) electrons. The van der Waals surface area contributed by atoms with Gasteiger partial charge in [-0.15, -0.1) is 0 Å². The molecule has 0 saturated carbocycles. The number of hydrogen-bond acceptors (Lipinski definition) is 3. The number of anilines is 1. The van der Waals surface area contributed by atoms with E-state index in [9.17, 15) is 4.79 Å². The maximum absolute atomic E-state index is 12.7. The van der Waals surface area contributed by atoms with E-state index >= 15 is 0 Å². The lowest BCUT2D eigenvalue weighted by molar-refractivity contribution is -0.117. The number of carbonyl (C=O) groups excluding carboxylic acids is 1. The smallest absolute Gasteiger partial charge is 0.238 e. The van der Waals surface area contributed by atoms with Crippen LogP contribution < -0.4 is 10.1 Å². The molecule has 4 nitrogen and oxygen atoms in total. The van der Waals surface area contributed by atoms with Crippen LogP contribution in [0.1, 0.15) is 19.4 Å². The summed E-state index contributed by atoms with van der Waals surface area (Å²) in [5.74, 6) is 1.30. The zero-order valence-corrected chi connectivity index (χ0v) is 16.3. The van der Waals surface area contributed by atoms with Crippen LogP contribution >= 0.6 is 0 Å². The van der Waals surface area contributed by atoms with E-state index in [0.717, 1.165) is 12.3 Å². The fourth-order valence-corrected chi connectivity index (χ4v) is 2.89. The highest BCUT2D eigenvalue weighted by molar-refractivity contribution is 5.93. The van der Waals surface area contributed by atoms with Crippen molar-refractivity contribution in [2.24, 2.45) is 0 Å². The van der Waals surface area contributed by atoms with Crippen molar-refractivity contribution in [2.75, 3.05) is 11.9 Å². The SMILES string of the molecule is CC(C)N(CC(=O)Nc1ccccc1Oc1ccccc1)Cc1ccccc1. The maximum Gasteiger partial charge on any atom is 0.238 e. The molecule has 0 saturated heterocycles. The lowest BCUT2D eigenvalue weighted by Crippen LogP contribution is -2.37. The second-order valence-corrected chi connectivity index (χ2v) is 6.94. The number of benzene rings is 3. The molecule has 144 valence electrons. The molecule has 3 aromatic rings. The third kappa shape index (κ3) is 5.69. The molecular weight excluding hydrogens is 348 g/mol. The third-order valence-corrected chi connectivity index (χ3v) is 4.44. The van der Waals surface area contributed by atoms with Crippen molar-refractivity contribution in [2.45, 2.75) is 26.4 Å². The molecule has 1 amide bonds. The van der Waals surface area contributed by atoms with Crippen LogP contribution in [0.25, 0.3) is 0 Å². The third-order valence-electron chi connectivity index (χ3n) is 4.44. The minimum atomic E-state index is -0.0613. The second kappa shape index (κ2) is 9.72. The van der Waals surface area contributed by atoms with Gasteiger partial charge in [-0.1, -0.05) is 60.7 Å². The Morgan fingerprint density at radius 1 is 0.893 bits per heavy atom. The van der Waals surface area contributed by atoms with Gasteiger partial charge in [-0.25, -0.2) is 0 Å². The molecule has 0 aliphatic heterocycles. The van der Waals surface area contributed by atoms with E-state index in [-0.39, 0.29) is 11.9 Å². The van der Waals surface area contributed by atoms with Crippen molar-refractivity contribution in [3.63, 3.8) is 0 Å². The van der Waals surface area contributed by atoms with Gasteiger partial charge in [0.25, 0.3) is 0 Å². The summed E-state index contributed by atoms with van der Waals surface area (Å²) in [6, 6.07) is 27.5. The Kier molecular flexibility index (Phi) is 6.82. The molecule has 28 heavy (non-hydrogen) atoms. The zero-order chi connectivity index (χ0) is 19.8. The number of amides is 1. The van der Waals surface area contributed by atoms with E-state index in [0.29, 0.717) is 18.0 Å². The van der Waals surface area contributed by atoms with E-state index in [1.165, 1.54) is 5.56 Å². The molecular formula is C24H26N2O2. The van der Waals surface area contributed by atoms with Crippen LogP contribution in [0.2, 0.25) is 0 Å². The molecule has 3 rings (SSSR count). The van der Waals surface area contributed by atoms with Gasteiger partial charge in [0.15, 0.2) is 5.75 Å². The minimum absolute atomic E-state index is 0.0613. The molecule has 0 fully saturated rings. The van der Waals surface area contributed by atoms with Crippen LogP contribution in [0.3, 0.4) is 0 Å². The Balaban J connectivity index is 1.66. The standard InChI is InChI=1S/C24H26N2O2/c1-19(2)26(17-20-11-5-3-6-12-20)18-24(27)25-22-15-9-10-16-23(22)28-21-13-7-4-8-14-21/h3-16,19H,17-18H2,1-2H3,(H,25,27). The van der Waals surface area contributed by atoms with Crippen LogP contribution in [-0.4, -0.2) is 23.4 Å². The lowest BCUT2D eigenvalue weighted by Gasteiger charge is -2.26. The number of nitrogens with one attached hydrogen (secondary N) is 1. The molecule has 0 aliphatic rings. The first kappa shape index (κ1) is 19.6. The first-order valence-corrected chi connectivity index (χ1v) is 9.51. The fourth-order valence-electron chi connectivity index (χ4n) is 2.89. The van der Waals surface area contributed by atoms with Crippen LogP contribution in [0, 0.1) is 0 Å². The summed E-state index contributed by atoms with van der Waals surface area (Å²) < 4.78 is 5.93. The number of ether oxygens (including phenoxy) is 1. The van der Waals surface area contributed by atoms with Gasteiger partial charge in [0.1, 0.15) is 5.75 Å². The van der Waals surface area contributed by atoms with E-state index in [2.05, 4.69) is 36.2 Å². The van der Waals surface area contributed by atoms with Gasteiger partial charge < -0.3 is 10.1 Å². The molecule has 1 N–H and O–H groups in total. The summed E-state index contributed by atoms with van der Waals surface area (Å²) >= 11 is 0. The van der Waals surface area contributed by atoms with E-state index in [1.807, 2.05) is 72.8 Å². The average molecular weight is 374 g/mol. The monoisotopic (exact) mass is 374 g/mol. The number of rotatable bonds is 8. The number of hydrogen-bond donors (Lipinski definition) is 1. The van der Waals surface area contributed by atoms with Crippen molar-refractivity contribution in [3.05, 3.63) is 90.5 Å². The summed E-state index contributed by atoms with van der Waals surface area (Å²) in [6.07, 6.45) is 0. The summed E-state index contributed by atoms with van der Waals surface area (Å²) in [7, 11) is 0. The van der Waals surface area contributed by atoms with Crippen molar-refractivity contribution in [3.8, 4) is 11.5 Å². The molecule has 0 aromatic heterocycles. The van der Waals surface area contributed by atoms with Crippen molar-refractivity contribution in [1.82, 2.24) is 4.90 Å². The van der Waals surface area contributed by atoms with E-state index < -0.39 is 0 Å². The van der Waals surface area contributed by atoms with Crippen LogP contribution in [0.4, 0.5) is 5.69 Å². The van der Waals surface area contributed by atoms with Gasteiger partial charge in [-0.2, -0.15) is 0 Å². The fraction of sp³-hybridized carbons (Fsp3) is 0.208. The van der Waals surface area contributed by atoms with Gasteiger partial charge in [0, 0.05) is 12.6 Å². The molecule has 0 spiro atoms.